The van der Waals surface area contributed by atoms with Gasteiger partial charge in [-0.25, -0.2) is 9.97 Å². The molecule has 0 saturated heterocycles. The first-order chi connectivity index (χ1) is 7.69. The zero-order valence-corrected chi connectivity index (χ0v) is 10.6. The second kappa shape index (κ2) is 6.48. The van der Waals surface area contributed by atoms with Crippen LogP contribution in [0, 0.1) is 0 Å². The fourth-order valence-electron chi connectivity index (χ4n) is 1.53. The molecular formula is C12H18ClN3. The van der Waals surface area contributed by atoms with Crippen molar-refractivity contribution in [2.45, 2.75) is 39.2 Å². The van der Waals surface area contributed by atoms with Crippen molar-refractivity contribution in [1.29, 1.82) is 0 Å². The van der Waals surface area contributed by atoms with Gasteiger partial charge < -0.3 is 5.32 Å². The van der Waals surface area contributed by atoms with Crippen LogP contribution in [0.15, 0.2) is 19.0 Å². The Hall–Kier alpha value is -1.09. The number of nitrogens with zero attached hydrogens (tertiary/aromatic N) is 2. The first-order valence-electron chi connectivity index (χ1n) is 5.55. The van der Waals surface area contributed by atoms with Gasteiger partial charge in [-0.05, 0) is 19.8 Å². The van der Waals surface area contributed by atoms with Gasteiger partial charge in [0.1, 0.15) is 17.3 Å². The standard InChI is InChI=1S/C12H18ClN3/c1-4-6-9(3)16-12-10(7-5-2)11(13)14-8-15-12/h4,8-9H,1,5-7H2,2-3H3,(H,14,15,16). The van der Waals surface area contributed by atoms with E-state index in [1.54, 1.807) is 0 Å². The third kappa shape index (κ3) is 3.49. The monoisotopic (exact) mass is 239 g/mol. The highest BCUT2D eigenvalue weighted by atomic mass is 35.5. The molecule has 0 amide bonds. The van der Waals surface area contributed by atoms with Crippen LogP contribution in [0.1, 0.15) is 32.3 Å². The Morgan fingerprint density at radius 2 is 2.31 bits per heavy atom. The smallest absolute Gasteiger partial charge is 0.137 e. The average molecular weight is 240 g/mol. The van der Waals surface area contributed by atoms with Gasteiger partial charge in [0.25, 0.3) is 0 Å². The SMILES string of the molecule is C=CCC(C)Nc1ncnc(Cl)c1CCC. The summed E-state index contributed by atoms with van der Waals surface area (Å²) in [5, 5.41) is 3.88. The number of rotatable bonds is 6. The maximum absolute atomic E-state index is 6.06. The van der Waals surface area contributed by atoms with E-state index in [-0.39, 0.29) is 0 Å². The number of halogens is 1. The summed E-state index contributed by atoms with van der Waals surface area (Å²) in [6.07, 6.45) is 6.19. The maximum atomic E-state index is 6.06. The molecule has 1 unspecified atom stereocenters. The van der Waals surface area contributed by atoms with Crippen molar-refractivity contribution in [2.75, 3.05) is 5.32 Å². The van der Waals surface area contributed by atoms with Crippen molar-refractivity contribution < 1.29 is 0 Å². The highest BCUT2D eigenvalue weighted by Gasteiger charge is 2.10. The fourth-order valence-corrected chi connectivity index (χ4v) is 1.76. The van der Waals surface area contributed by atoms with Crippen LogP contribution in [0.3, 0.4) is 0 Å². The first-order valence-corrected chi connectivity index (χ1v) is 5.93. The Morgan fingerprint density at radius 3 is 2.94 bits per heavy atom. The fraction of sp³-hybridized carbons (Fsp3) is 0.500. The van der Waals surface area contributed by atoms with Crippen molar-refractivity contribution >= 4 is 17.4 Å². The number of nitrogens with one attached hydrogen (secondary N) is 1. The van der Waals surface area contributed by atoms with Gasteiger partial charge in [-0.1, -0.05) is 31.0 Å². The van der Waals surface area contributed by atoms with Gasteiger partial charge in [0.05, 0.1) is 0 Å². The third-order valence-corrected chi connectivity index (χ3v) is 2.62. The molecule has 0 aliphatic rings. The highest BCUT2D eigenvalue weighted by molar-refractivity contribution is 6.30. The summed E-state index contributed by atoms with van der Waals surface area (Å²) < 4.78 is 0. The quantitative estimate of drug-likeness (QED) is 0.610. The van der Waals surface area contributed by atoms with Crippen molar-refractivity contribution in [2.24, 2.45) is 0 Å². The van der Waals surface area contributed by atoms with Gasteiger partial charge >= 0.3 is 0 Å². The van der Waals surface area contributed by atoms with E-state index in [1.165, 1.54) is 6.33 Å². The van der Waals surface area contributed by atoms with E-state index in [9.17, 15) is 0 Å². The first kappa shape index (κ1) is 13.0. The van der Waals surface area contributed by atoms with E-state index in [2.05, 4.69) is 35.7 Å². The zero-order valence-electron chi connectivity index (χ0n) is 9.83. The van der Waals surface area contributed by atoms with E-state index in [4.69, 9.17) is 11.6 Å². The maximum Gasteiger partial charge on any atom is 0.137 e. The molecule has 1 rings (SSSR count). The molecule has 0 aliphatic carbocycles. The Morgan fingerprint density at radius 1 is 1.56 bits per heavy atom. The predicted molar refractivity (Wildman–Crippen MR) is 68.9 cm³/mol. The molecule has 0 fully saturated rings. The largest absolute Gasteiger partial charge is 0.367 e. The van der Waals surface area contributed by atoms with E-state index < -0.39 is 0 Å². The normalized spacial score (nSPS) is 12.2. The molecule has 0 bridgehead atoms. The number of aromatic nitrogens is 2. The zero-order chi connectivity index (χ0) is 12.0. The summed E-state index contributed by atoms with van der Waals surface area (Å²) >= 11 is 6.06. The van der Waals surface area contributed by atoms with Gasteiger partial charge in [-0.3, -0.25) is 0 Å². The van der Waals surface area contributed by atoms with Gasteiger partial charge in [0.15, 0.2) is 0 Å². The molecular weight excluding hydrogens is 222 g/mol. The van der Waals surface area contributed by atoms with Gasteiger partial charge in [-0.15, -0.1) is 6.58 Å². The Bertz CT molecular complexity index is 352. The van der Waals surface area contributed by atoms with Crippen LogP contribution in [0.4, 0.5) is 5.82 Å². The molecule has 1 heterocycles. The van der Waals surface area contributed by atoms with Crippen LogP contribution < -0.4 is 5.32 Å². The summed E-state index contributed by atoms with van der Waals surface area (Å²) in [4.78, 5) is 8.25. The van der Waals surface area contributed by atoms with Crippen molar-refractivity contribution in [3.05, 3.63) is 29.7 Å². The van der Waals surface area contributed by atoms with Crippen molar-refractivity contribution in [3.8, 4) is 0 Å². The van der Waals surface area contributed by atoms with Crippen LogP contribution in [-0.4, -0.2) is 16.0 Å². The van der Waals surface area contributed by atoms with Crippen LogP contribution in [0.5, 0.6) is 0 Å². The molecule has 0 aliphatic heterocycles. The number of anilines is 1. The molecule has 16 heavy (non-hydrogen) atoms. The molecule has 0 saturated carbocycles. The van der Waals surface area contributed by atoms with E-state index >= 15 is 0 Å². The summed E-state index contributed by atoms with van der Waals surface area (Å²) in [5.74, 6) is 0.844. The molecule has 1 atom stereocenters. The molecule has 0 spiro atoms. The number of hydrogen-bond acceptors (Lipinski definition) is 3. The molecule has 4 heteroatoms. The second-order valence-corrected chi connectivity index (χ2v) is 4.17. The minimum Gasteiger partial charge on any atom is -0.367 e. The molecule has 0 radical (unpaired) electrons. The Labute approximate surface area is 102 Å². The highest BCUT2D eigenvalue weighted by Crippen LogP contribution is 2.22. The Balaban J connectivity index is 2.85. The molecule has 1 aromatic rings. The summed E-state index contributed by atoms with van der Waals surface area (Å²) in [6.45, 7) is 7.92. The number of hydrogen-bond donors (Lipinski definition) is 1. The second-order valence-electron chi connectivity index (χ2n) is 3.81. The topological polar surface area (TPSA) is 37.8 Å². The summed E-state index contributed by atoms with van der Waals surface area (Å²) in [5.41, 5.74) is 1.00. The van der Waals surface area contributed by atoms with E-state index in [0.717, 1.165) is 30.6 Å². The van der Waals surface area contributed by atoms with E-state index in [0.29, 0.717) is 11.2 Å². The van der Waals surface area contributed by atoms with Gasteiger partial charge in [0.2, 0.25) is 0 Å². The minimum absolute atomic E-state index is 0.305. The van der Waals surface area contributed by atoms with Gasteiger partial charge in [-0.2, -0.15) is 0 Å². The van der Waals surface area contributed by atoms with Crippen LogP contribution >= 0.6 is 11.6 Å². The van der Waals surface area contributed by atoms with Gasteiger partial charge in [0, 0.05) is 11.6 Å². The van der Waals surface area contributed by atoms with Crippen LogP contribution in [-0.2, 0) is 6.42 Å². The lowest BCUT2D eigenvalue weighted by atomic mass is 10.1. The van der Waals surface area contributed by atoms with Crippen molar-refractivity contribution in [3.63, 3.8) is 0 Å². The minimum atomic E-state index is 0.305. The Kier molecular flexibility index (Phi) is 5.26. The van der Waals surface area contributed by atoms with Crippen LogP contribution in [0.25, 0.3) is 0 Å². The van der Waals surface area contributed by atoms with Crippen molar-refractivity contribution in [1.82, 2.24) is 9.97 Å². The summed E-state index contributed by atoms with van der Waals surface area (Å²) in [7, 11) is 0. The molecule has 3 nitrogen and oxygen atoms in total. The lowest BCUT2D eigenvalue weighted by Crippen LogP contribution is -2.16. The lowest BCUT2D eigenvalue weighted by molar-refractivity contribution is 0.796. The van der Waals surface area contributed by atoms with Crippen LogP contribution in [0.2, 0.25) is 5.15 Å². The predicted octanol–water partition coefficient (Wildman–Crippen LogP) is 3.46. The molecule has 1 N–H and O–H groups in total. The molecule has 1 aromatic heterocycles. The van der Waals surface area contributed by atoms with E-state index in [1.807, 2.05) is 6.08 Å². The average Bonchev–Trinajstić information content (AvgIpc) is 2.23. The third-order valence-electron chi connectivity index (χ3n) is 2.30. The molecule has 0 aromatic carbocycles. The molecule has 88 valence electrons. The summed E-state index contributed by atoms with van der Waals surface area (Å²) in [6, 6.07) is 0.305. The lowest BCUT2D eigenvalue weighted by Gasteiger charge is -2.15.